The van der Waals surface area contributed by atoms with E-state index in [2.05, 4.69) is 4.57 Å². The van der Waals surface area contributed by atoms with Crippen molar-refractivity contribution >= 4 is 17.0 Å². The third kappa shape index (κ3) is 1.99. The lowest BCUT2D eigenvalue weighted by atomic mass is 10.2. The average Bonchev–Trinajstić information content (AvgIpc) is 3.33. The molecule has 0 bridgehead atoms. The molecule has 1 heterocycles. The SMILES string of the molecule is O=C(O)c1cccc2nc(C3CC3)n(CCC3CC3)c12. The summed E-state index contributed by atoms with van der Waals surface area (Å²) in [5.41, 5.74) is 2.04. The van der Waals surface area contributed by atoms with Gasteiger partial charge in [0.25, 0.3) is 0 Å². The number of aryl methyl sites for hydroxylation is 1. The minimum absolute atomic E-state index is 0.387. The number of carbonyl (C=O) groups is 1. The highest BCUT2D eigenvalue weighted by molar-refractivity contribution is 6.01. The number of benzene rings is 1. The van der Waals surface area contributed by atoms with Gasteiger partial charge < -0.3 is 9.67 Å². The number of fused-ring (bicyclic) bond motifs is 1. The molecule has 1 aromatic carbocycles. The van der Waals surface area contributed by atoms with E-state index in [0.29, 0.717) is 11.5 Å². The summed E-state index contributed by atoms with van der Waals surface area (Å²) in [6.07, 6.45) is 6.19. The molecule has 0 aliphatic heterocycles. The van der Waals surface area contributed by atoms with Crippen LogP contribution < -0.4 is 0 Å². The number of nitrogens with zero attached hydrogens (tertiary/aromatic N) is 2. The lowest BCUT2D eigenvalue weighted by molar-refractivity contribution is 0.0698. The van der Waals surface area contributed by atoms with Gasteiger partial charge in [0.05, 0.1) is 16.6 Å². The summed E-state index contributed by atoms with van der Waals surface area (Å²) in [4.78, 5) is 16.2. The van der Waals surface area contributed by atoms with Gasteiger partial charge in [0.15, 0.2) is 0 Å². The van der Waals surface area contributed by atoms with Gasteiger partial charge in [-0.25, -0.2) is 9.78 Å². The van der Waals surface area contributed by atoms with Crippen LogP contribution in [-0.4, -0.2) is 20.6 Å². The molecule has 0 amide bonds. The molecule has 2 fully saturated rings. The number of rotatable bonds is 5. The molecular formula is C16H18N2O2. The van der Waals surface area contributed by atoms with Crippen LogP contribution in [-0.2, 0) is 6.54 Å². The quantitative estimate of drug-likeness (QED) is 0.905. The van der Waals surface area contributed by atoms with E-state index >= 15 is 0 Å². The van der Waals surface area contributed by atoms with Gasteiger partial charge in [-0.1, -0.05) is 18.9 Å². The Morgan fingerprint density at radius 3 is 2.75 bits per heavy atom. The highest BCUT2D eigenvalue weighted by Gasteiger charge is 2.31. The Morgan fingerprint density at radius 1 is 1.30 bits per heavy atom. The first kappa shape index (κ1) is 11.9. The molecule has 0 atom stereocenters. The summed E-state index contributed by atoms with van der Waals surface area (Å²) in [6, 6.07) is 5.42. The second kappa shape index (κ2) is 4.33. The van der Waals surface area contributed by atoms with Crippen LogP contribution in [0.3, 0.4) is 0 Å². The number of hydrogen-bond donors (Lipinski definition) is 1. The Kier molecular flexibility index (Phi) is 2.59. The summed E-state index contributed by atoms with van der Waals surface area (Å²) in [6.45, 7) is 0.914. The number of para-hydroxylation sites is 1. The van der Waals surface area contributed by atoms with Gasteiger partial charge >= 0.3 is 5.97 Å². The van der Waals surface area contributed by atoms with Crippen LogP contribution in [0.4, 0.5) is 0 Å². The maximum absolute atomic E-state index is 11.5. The molecule has 1 aromatic heterocycles. The first-order valence-corrected chi connectivity index (χ1v) is 7.46. The minimum atomic E-state index is -0.856. The van der Waals surface area contributed by atoms with Crippen molar-refractivity contribution in [2.75, 3.05) is 0 Å². The minimum Gasteiger partial charge on any atom is -0.478 e. The Labute approximate surface area is 117 Å². The van der Waals surface area contributed by atoms with Gasteiger partial charge in [0.2, 0.25) is 0 Å². The fourth-order valence-corrected chi connectivity index (χ4v) is 2.97. The molecule has 2 saturated carbocycles. The third-order valence-electron chi connectivity index (χ3n) is 4.43. The zero-order valence-corrected chi connectivity index (χ0v) is 11.4. The van der Waals surface area contributed by atoms with E-state index in [4.69, 9.17) is 4.98 Å². The molecule has 2 aliphatic carbocycles. The van der Waals surface area contributed by atoms with E-state index in [0.717, 1.165) is 35.7 Å². The number of carboxylic acids is 1. The summed E-state index contributed by atoms with van der Waals surface area (Å²) >= 11 is 0. The second-order valence-corrected chi connectivity index (χ2v) is 6.11. The lowest BCUT2D eigenvalue weighted by Gasteiger charge is -2.09. The zero-order chi connectivity index (χ0) is 13.7. The van der Waals surface area contributed by atoms with E-state index in [1.165, 1.54) is 25.7 Å². The van der Waals surface area contributed by atoms with Gasteiger partial charge in [-0.3, -0.25) is 0 Å². The van der Waals surface area contributed by atoms with Gasteiger partial charge in [0.1, 0.15) is 5.82 Å². The van der Waals surface area contributed by atoms with Crippen molar-refractivity contribution in [2.45, 2.75) is 44.6 Å². The van der Waals surface area contributed by atoms with Crippen LogP contribution >= 0.6 is 0 Å². The number of carboxylic acid groups (broad SMARTS) is 1. The van der Waals surface area contributed by atoms with Crippen LogP contribution in [0.15, 0.2) is 18.2 Å². The molecule has 4 nitrogen and oxygen atoms in total. The first-order chi connectivity index (χ1) is 9.74. The molecule has 20 heavy (non-hydrogen) atoms. The highest BCUT2D eigenvalue weighted by Crippen LogP contribution is 2.42. The van der Waals surface area contributed by atoms with E-state index in [1.54, 1.807) is 12.1 Å². The molecular weight excluding hydrogens is 252 g/mol. The highest BCUT2D eigenvalue weighted by atomic mass is 16.4. The smallest absolute Gasteiger partial charge is 0.337 e. The fraction of sp³-hybridized carbons (Fsp3) is 0.500. The number of hydrogen-bond acceptors (Lipinski definition) is 2. The summed E-state index contributed by atoms with van der Waals surface area (Å²) < 4.78 is 2.19. The van der Waals surface area contributed by atoms with Crippen LogP contribution in [0.1, 0.15) is 54.2 Å². The summed E-state index contributed by atoms with van der Waals surface area (Å²) in [7, 11) is 0. The monoisotopic (exact) mass is 270 g/mol. The predicted octanol–water partition coefficient (Wildman–Crippen LogP) is 3.41. The van der Waals surface area contributed by atoms with Crippen molar-refractivity contribution in [3.63, 3.8) is 0 Å². The lowest BCUT2D eigenvalue weighted by Crippen LogP contribution is -2.07. The van der Waals surface area contributed by atoms with Crippen molar-refractivity contribution in [1.82, 2.24) is 9.55 Å². The summed E-state index contributed by atoms with van der Waals surface area (Å²) in [5, 5.41) is 9.42. The third-order valence-corrected chi connectivity index (χ3v) is 4.43. The molecule has 0 radical (unpaired) electrons. The van der Waals surface area contributed by atoms with E-state index in [-0.39, 0.29) is 0 Å². The Bertz CT molecular complexity index is 681. The van der Waals surface area contributed by atoms with Gasteiger partial charge in [-0.05, 0) is 37.3 Å². The van der Waals surface area contributed by atoms with E-state index < -0.39 is 5.97 Å². The Morgan fingerprint density at radius 2 is 2.10 bits per heavy atom. The number of imidazole rings is 1. The average molecular weight is 270 g/mol. The fourth-order valence-electron chi connectivity index (χ4n) is 2.97. The molecule has 4 rings (SSSR count). The predicted molar refractivity (Wildman–Crippen MR) is 76.0 cm³/mol. The van der Waals surface area contributed by atoms with Gasteiger partial charge in [-0.2, -0.15) is 0 Å². The topological polar surface area (TPSA) is 55.1 Å². The second-order valence-electron chi connectivity index (χ2n) is 6.11. The molecule has 0 unspecified atom stereocenters. The first-order valence-electron chi connectivity index (χ1n) is 7.46. The van der Waals surface area contributed by atoms with Crippen molar-refractivity contribution in [3.05, 3.63) is 29.6 Å². The molecule has 0 spiro atoms. The van der Waals surface area contributed by atoms with Crippen LogP contribution in [0.5, 0.6) is 0 Å². The van der Waals surface area contributed by atoms with Gasteiger partial charge in [-0.15, -0.1) is 0 Å². The van der Waals surface area contributed by atoms with Crippen LogP contribution in [0.25, 0.3) is 11.0 Å². The molecule has 2 aromatic rings. The number of aromatic carboxylic acids is 1. The van der Waals surface area contributed by atoms with Crippen molar-refractivity contribution in [3.8, 4) is 0 Å². The van der Waals surface area contributed by atoms with Crippen molar-refractivity contribution < 1.29 is 9.90 Å². The molecule has 1 N–H and O–H groups in total. The summed E-state index contributed by atoms with van der Waals surface area (Å²) in [5.74, 6) is 1.64. The maximum Gasteiger partial charge on any atom is 0.337 e. The van der Waals surface area contributed by atoms with Gasteiger partial charge in [0, 0.05) is 12.5 Å². The number of aromatic nitrogens is 2. The van der Waals surface area contributed by atoms with Crippen molar-refractivity contribution in [2.24, 2.45) is 5.92 Å². The molecule has 2 aliphatic rings. The van der Waals surface area contributed by atoms with Crippen molar-refractivity contribution in [1.29, 1.82) is 0 Å². The standard InChI is InChI=1S/C16H18N2O2/c19-16(20)12-2-1-3-13-14(12)18(9-8-10-4-5-10)15(17-13)11-6-7-11/h1-3,10-11H,4-9H2,(H,19,20). The molecule has 104 valence electrons. The van der Waals surface area contributed by atoms with E-state index in [9.17, 15) is 9.90 Å². The Balaban J connectivity index is 1.85. The molecule has 4 heteroatoms. The Hall–Kier alpha value is -1.84. The maximum atomic E-state index is 11.5. The van der Waals surface area contributed by atoms with Crippen LogP contribution in [0, 0.1) is 5.92 Å². The van der Waals surface area contributed by atoms with E-state index in [1.807, 2.05) is 6.07 Å². The largest absolute Gasteiger partial charge is 0.478 e. The molecule has 0 saturated heterocycles. The van der Waals surface area contributed by atoms with Crippen LogP contribution in [0.2, 0.25) is 0 Å². The normalized spacial score (nSPS) is 18.6. The zero-order valence-electron chi connectivity index (χ0n) is 11.4.